The van der Waals surface area contributed by atoms with Gasteiger partial charge in [-0.25, -0.2) is 0 Å². The number of hydrogen-bond donors (Lipinski definition) is 0. The van der Waals surface area contributed by atoms with Crippen LogP contribution in [-0.2, 0) is 28.3 Å². The first-order valence-corrected chi connectivity index (χ1v) is 17.8. The predicted octanol–water partition coefficient (Wildman–Crippen LogP) is 4.58. The van der Waals surface area contributed by atoms with E-state index in [1.807, 2.05) is 6.92 Å². The Morgan fingerprint density at radius 1 is 1.18 bits per heavy atom. The maximum absolute atomic E-state index is 13.0. The highest BCUT2D eigenvalue weighted by molar-refractivity contribution is 7.86. The third-order valence-electron chi connectivity index (χ3n) is 9.09. The highest BCUT2D eigenvalue weighted by Crippen LogP contribution is 2.58. The Kier molecular flexibility index (Phi) is 8.36. The van der Waals surface area contributed by atoms with Gasteiger partial charge >= 0.3 is 5.97 Å². The molecular weight excluding hydrogens is 470 g/mol. The summed E-state index contributed by atoms with van der Waals surface area (Å²) in [6.45, 7) is 17.6. The summed E-state index contributed by atoms with van der Waals surface area (Å²) in [4.78, 5) is 15.5. The van der Waals surface area contributed by atoms with Crippen LogP contribution in [0, 0.1) is 17.3 Å². The molecule has 34 heavy (non-hydrogen) atoms. The molecule has 2 heterocycles. The van der Waals surface area contributed by atoms with Crippen LogP contribution in [0.5, 0.6) is 0 Å². The molecule has 1 saturated carbocycles. The molecule has 1 aliphatic carbocycles. The van der Waals surface area contributed by atoms with Gasteiger partial charge in [-0.15, -0.1) is 0 Å². The van der Waals surface area contributed by atoms with Crippen LogP contribution in [0.3, 0.4) is 0 Å². The summed E-state index contributed by atoms with van der Waals surface area (Å²) < 4.78 is 43.4. The fraction of sp³-hybridized carbons (Fsp3) is 0.960. The molecule has 2 aliphatic heterocycles. The normalized spacial score (nSPS) is 35.4. The number of nitrogens with zero attached hydrogens (tertiary/aromatic N) is 1. The van der Waals surface area contributed by atoms with Crippen LogP contribution in [0.1, 0.15) is 73.1 Å². The number of fused-ring (bicyclic) bond motifs is 2. The minimum atomic E-state index is -3.66. The summed E-state index contributed by atoms with van der Waals surface area (Å²) in [7, 11) is -5.81. The van der Waals surface area contributed by atoms with E-state index >= 15 is 0 Å². The van der Waals surface area contributed by atoms with Crippen molar-refractivity contribution in [1.29, 1.82) is 0 Å². The summed E-state index contributed by atoms with van der Waals surface area (Å²) in [6.07, 6.45) is 5.34. The van der Waals surface area contributed by atoms with Gasteiger partial charge in [0.25, 0.3) is 10.1 Å². The van der Waals surface area contributed by atoms with Crippen LogP contribution in [0.25, 0.3) is 0 Å². The summed E-state index contributed by atoms with van der Waals surface area (Å²) in [5, 5.41) is 0.0282. The lowest BCUT2D eigenvalue weighted by Gasteiger charge is -2.61. The van der Waals surface area contributed by atoms with Gasteiger partial charge in [-0.05, 0) is 76.2 Å². The van der Waals surface area contributed by atoms with E-state index in [1.165, 1.54) is 0 Å². The molecular formula is C25H47NO6SSi. The van der Waals surface area contributed by atoms with Crippen molar-refractivity contribution in [3.63, 3.8) is 0 Å². The summed E-state index contributed by atoms with van der Waals surface area (Å²) in [5.74, 6) is -0.303. The number of esters is 1. The number of piperidine rings is 1. The van der Waals surface area contributed by atoms with Crippen molar-refractivity contribution in [2.75, 3.05) is 26.0 Å². The molecule has 1 spiro atoms. The zero-order chi connectivity index (χ0) is 25.5. The quantitative estimate of drug-likeness (QED) is 0.278. The molecule has 0 bridgehead atoms. The maximum Gasteiger partial charge on any atom is 0.306 e. The molecule has 6 atom stereocenters. The molecule has 7 nitrogen and oxygen atoms in total. The summed E-state index contributed by atoms with van der Waals surface area (Å²) in [5.41, 5.74) is -0.454. The second kappa shape index (κ2) is 10.1. The SMILES string of the molecule is CCOC(=O)C[C@H]1[C@H](O[Si](C)(C)C(C)(C)C)[C@@H](C)CC(OS(C)(=O)=O)[C@@]12CCCN1CCCC12. The minimum Gasteiger partial charge on any atom is -0.466 e. The topological polar surface area (TPSA) is 82.1 Å². The van der Waals surface area contributed by atoms with E-state index in [9.17, 15) is 13.2 Å². The predicted molar refractivity (Wildman–Crippen MR) is 137 cm³/mol. The second-order valence-electron chi connectivity index (χ2n) is 12.4. The first kappa shape index (κ1) is 28.1. The lowest BCUT2D eigenvalue weighted by Crippen LogP contribution is -2.66. The van der Waals surface area contributed by atoms with Crippen LogP contribution < -0.4 is 0 Å². The standard InChI is InChI=1S/C25H47NO6SSi/c1-9-30-22(27)17-19-23(32-34(7,8)24(3,4)5)18(2)16-21(31-33(6,28)29)25(19)13-11-15-26-14-10-12-20(25)26/h18-21,23H,9-17H2,1-8H3/t18-,19-,20?,21?,23+,25-/m0/s1. The third kappa shape index (κ3) is 5.58. The molecule has 0 aromatic heterocycles. The first-order valence-electron chi connectivity index (χ1n) is 13.1. The second-order valence-corrected chi connectivity index (χ2v) is 18.7. The van der Waals surface area contributed by atoms with E-state index in [-0.39, 0.29) is 41.4 Å². The fourth-order valence-electron chi connectivity index (χ4n) is 6.66. The van der Waals surface area contributed by atoms with Crippen LogP contribution in [-0.4, -0.2) is 71.8 Å². The van der Waals surface area contributed by atoms with E-state index in [1.54, 1.807) is 0 Å². The molecule has 0 aromatic rings. The van der Waals surface area contributed by atoms with E-state index in [0.717, 1.165) is 45.0 Å². The average Bonchev–Trinajstić information content (AvgIpc) is 3.16. The van der Waals surface area contributed by atoms with Gasteiger partial charge < -0.3 is 9.16 Å². The number of ether oxygens (including phenoxy) is 1. The van der Waals surface area contributed by atoms with Crippen molar-refractivity contribution in [3.8, 4) is 0 Å². The zero-order valence-electron chi connectivity index (χ0n) is 22.6. The fourth-order valence-corrected chi connectivity index (χ4v) is 8.77. The van der Waals surface area contributed by atoms with Gasteiger partial charge in [0.05, 0.1) is 31.5 Å². The molecule has 2 unspecified atom stereocenters. The Balaban J connectivity index is 2.13. The van der Waals surface area contributed by atoms with Gasteiger partial charge in [-0.2, -0.15) is 8.42 Å². The lowest BCUT2D eigenvalue weighted by molar-refractivity contribution is -0.177. The molecule has 198 valence electrons. The molecule has 3 rings (SSSR count). The van der Waals surface area contributed by atoms with E-state index < -0.39 is 30.0 Å². The Morgan fingerprint density at radius 3 is 2.41 bits per heavy atom. The lowest BCUT2D eigenvalue weighted by atomic mass is 9.53. The van der Waals surface area contributed by atoms with E-state index in [0.29, 0.717) is 13.0 Å². The summed E-state index contributed by atoms with van der Waals surface area (Å²) >= 11 is 0. The van der Waals surface area contributed by atoms with Crippen LogP contribution in [0.2, 0.25) is 18.1 Å². The highest BCUT2D eigenvalue weighted by atomic mass is 32.2. The van der Waals surface area contributed by atoms with Crippen molar-refractivity contribution < 1.29 is 26.6 Å². The van der Waals surface area contributed by atoms with Crippen LogP contribution in [0.15, 0.2) is 0 Å². The van der Waals surface area contributed by atoms with Gasteiger partial charge in [0.1, 0.15) is 0 Å². The number of hydrogen-bond acceptors (Lipinski definition) is 7. The van der Waals surface area contributed by atoms with Crippen LogP contribution >= 0.6 is 0 Å². The third-order valence-corrected chi connectivity index (χ3v) is 14.1. The maximum atomic E-state index is 13.0. The molecule has 3 fully saturated rings. The van der Waals surface area contributed by atoms with E-state index in [2.05, 4.69) is 45.7 Å². The van der Waals surface area contributed by atoms with Gasteiger partial charge in [0.15, 0.2) is 8.32 Å². The van der Waals surface area contributed by atoms with E-state index in [4.69, 9.17) is 13.3 Å². The number of carbonyl (C=O) groups excluding carboxylic acids is 1. The van der Waals surface area contributed by atoms with Crippen molar-refractivity contribution >= 4 is 24.4 Å². The first-order chi connectivity index (χ1) is 15.6. The van der Waals surface area contributed by atoms with Gasteiger partial charge in [0, 0.05) is 17.4 Å². The van der Waals surface area contributed by atoms with Crippen molar-refractivity contribution in [3.05, 3.63) is 0 Å². The minimum absolute atomic E-state index is 0.0282. The highest BCUT2D eigenvalue weighted by Gasteiger charge is 2.63. The Labute approximate surface area is 208 Å². The van der Waals surface area contributed by atoms with Crippen molar-refractivity contribution in [2.24, 2.45) is 17.3 Å². The molecule has 2 saturated heterocycles. The van der Waals surface area contributed by atoms with Gasteiger partial charge in [-0.3, -0.25) is 13.9 Å². The van der Waals surface area contributed by atoms with Gasteiger partial charge in [0.2, 0.25) is 0 Å². The summed E-state index contributed by atoms with van der Waals surface area (Å²) in [6, 6.07) is 0.199. The molecule has 0 aromatic carbocycles. The molecule has 3 aliphatic rings. The Hall–Kier alpha value is -0.483. The molecule has 0 radical (unpaired) electrons. The molecule has 9 heteroatoms. The molecule has 0 amide bonds. The van der Waals surface area contributed by atoms with Crippen LogP contribution in [0.4, 0.5) is 0 Å². The average molecular weight is 518 g/mol. The van der Waals surface area contributed by atoms with Gasteiger partial charge in [-0.1, -0.05) is 27.7 Å². The van der Waals surface area contributed by atoms with Crippen molar-refractivity contribution in [1.82, 2.24) is 4.90 Å². The number of carbonyl (C=O) groups is 1. The Bertz CT molecular complexity index is 841. The number of rotatable bonds is 7. The Morgan fingerprint density at radius 2 is 1.82 bits per heavy atom. The monoisotopic (exact) mass is 517 g/mol. The zero-order valence-corrected chi connectivity index (χ0v) is 24.4. The largest absolute Gasteiger partial charge is 0.466 e. The van der Waals surface area contributed by atoms with Crippen molar-refractivity contribution in [2.45, 2.75) is 110 Å². The smallest absolute Gasteiger partial charge is 0.306 e. The molecule has 0 N–H and O–H groups in total.